The molecule has 5 heteroatoms. The van der Waals surface area contributed by atoms with Crippen LogP contribution in [0.25, 0.3) is 0 Å². The number of nitrogens with two attached hydrogens (primary N) is 1. The summed E-state index contributed by atoms with van der Waals surface area (Å²) in [5, 5.41) is 0. The second kappa shape index (κ2) is 5.51. The van der Waals surface area contributed by atoms with Gasteiger partial charge < -0.3 is 15.4 Å². The maximum absolute atomic E-state index is 12.3. The average molecular weight is 299 g/mol. The number of hydrogen-bond donors (Lipinski definition) is 1. The molecule has 0 aliphatic carbocycles. The van der Waals surface area contributed by atoms with Crippen molar-refractivity contribution in [3.63, 3.8) is 0 Å². The largest absolute Gasteiger partial charge is 0.398 e. The Morgan fingerprint density at radius 3 is 3.00 bits per heavy atom. The van der Waals surface area contributed by atoms with Gasteiger partial charge in [-0.05, 0) is 34.5 Å². The van der Waals surface area contributed by atoms with Crippen molar-refractivity contribution in [3.05, 3.63) is 28.2 Å². The van der Waals surface area contributed by atoms with Crippen LogP contribution in [0.1, 0.15) is 16.8 Å². The van der Waals surface area contributed by atoms with Gasteiger partial charge in [0.05, 0.1) is 16.6 Å². The number of anilines is 1. The van der Waals surface area contributed by atoms with E-state index in [1.54, 1.807) is 18.2 Å². The molecular weight excluding hydrogens is 284 g/mol. The number of amides is 1. The second-order valence-electron chi connectivity index (χ2n) is 3.97. The Morgan fingerprint density at radius 1 is 1.35 bits per heavy atom. The normalized spacial score (nSPS) is 16.6. The molecule has 1 aromatic rings. The van der Waals surface area contributed by atoms with Gasteiger partial charge in [0.15, 0.2) is 0 Å². The number of carbonyl (C=O) groups excluding carboxylic acids is 1. The SMILES string of the molecule is Nc1cccc(C(=O)N2CCCOCC2)c1Br. The van der Waals surface area contributed by atoms with Gasteiger partial charge in [-0.1, -0.05) is 6.07 Å². The molecule has 1 heterocycles. The second-order valence-corrected chi connectivity index (χ2v) is 4.76. The van der Waals surface area contributed by atoms with Gasteiger partial charge in [-0.15, -0.1) is 0 Å². The Morgan fingerprint density at radius 2 is 2.18 bits per heavy atom. The zero-order valence-corrected chi connectivity index (χ0v) is 11.1. The Balaban J connectivity index is 2.20. The molecule has 2 rings (SSSR count). The van der Waals surface area contributed by atoms with Crippen LogP contribution >= 0.6 is 15.9 Å². The van der Waals surface area contributed by atoms with Gasteiger partial charge >= 0.3 is 0 Å². The zero-order chi connectivity index (χ0) is 12.3. The lowest BCUT2D eigenvalue weighted by molar-refractivity contribution is 0.0740. The van der Waals surface area contributed by atoms with Crippen LogP contribution < -0.4 is 5.73 Å². The molecule has 1 amide bonds. The van der Waals surface area contributed by atoms with E-state index in [-0.39, 0.29) is 5.91 Å². The molecule has 0 saturated carbocycles. The maximum Gasteiger partial charge on any atom is 0.255 e. The lowest BCUT2D eigenvalue weighted by atomic mass is 10.1. The molecule has 0 radical (unpaired) electrons. The first-order chi connectivity index (χ1) is 8.20. The van der Waals surface area contributed by atoms with Crippen LogP contribution in [-0.4, -0.2) is 37.1 Å². The van der Waals surface area contributed by atoms with Crippen LogP contribution in [0, 0.1) is 0 Å². The van der Waals surface area contributed by atoms with E-state index >= 15 is 0 Å². The quantitative estimate of drug-likeness (QED) is 0.806. The fraction of sp³-hybridized carbons (Fsp3) is 0.417. The summed E-state index contributed by atoms with van der Waals surface area (Å²) in [7, 11) is 0. The van der Waals surface area contributed by atoms with Crippen LogP contribution in [-0.2, 0) is 4.74 Å². The highest BCUT2D eigenvalue weighted by Gasteiger charge is 2.20. The molecule has 0 atom stereocenters. The summed E-state index contributed by atoms with van der Waals surface area (Å²) >= 11 is 3.36. The fourth-order valence-electron chi connectivity index (χ4n) is 1.83. The minimum atomic E-state index is 0.00896. The molecule has 1 saturated heterocycles. The van der Waals surface area contributed by atoms with Gasteiger partial charge in [0.25, 0.3) is 5.91 Å². The highest BCUT2D eigenvalue weighted by molar-refractivity contribution is 9.10. The van der Waals surface area contributed by atoms with E-state index in [1.165, 1.54) is 0 Å². The smallest absolute Gasteiger partial charge is 0.255 e. The molecule has 2 N–H and O–H groups in total. The van der Waals surface area contributed by atoms with Crippen molar-refractivity contribution in [2.45, 2.75) is 6.42 Å². The Labute approximate surface area is 109 Å². The highest BCUT2D eigenvalue weighted by atomic mass is 79.9. The summed E-state index contributed by atoms with van der Waals surface area (Å²) in [4.78, 5) is 14.1. The van der Waals surface area contributed by atoms with Crippen LogP contribution in [0.2, 0.25) is 0 Å². The summed E-state index contributed by atoms with van der Waals surface area (Å²) in [6.45, 7) is 2.70. The predicted molar refractivity (Wildman–Crippen MR) is 69.9 cm³/mol. The van der Waals surface area contributed by atoms with Crippen molar-refractivity contribution < 1.29 is 9.53 Å². The van der Waals surface area contributed by atoms with Gasteiger partial charge in [-0.3, -0.25) is 4.79 Å². The third-order valence-corrected chi connectivity index (χ3v) is 3.65. The van der Waals surface area contributed by atoms with Crippen molar-refractivity contribution >= 4 is 27.5 Å². The number of hydrogen-bond acceptors (Lipinski definition) is 3. The minimum absolute atomic E-state index is 0.00896. The number of halogens is 1. The van der Waals surface area contributed by atoms with Gasteiger partial charge in [0, 0.05) is 25.4 Å². The Hall–Kier alpha value is -1.07. The Kier molecular flexibility index (Phi) is 4.02. The van der Waals surface area contributed by atoms with Crippen molar-refractivity contribution in [3.8, 4) is 0 Å². The Bertz CT molecular complexity index is 415. The van der Waals surface area contributed by atoms with Gasteiger partial charge in [-0.2, -0.15) is 0 Å². The van der Waals surface area contributed by atoms with E-state index in [0.29, 0.717) is 28.9 Å². The standard InChI is InChI=1S/C12H15BrN2O2/c13-11-9(3-1-4-10(11)14)12(16)15-5-2-7-17-8-6-15/h1,3-4H,2,5-8,14H2. The van der Waals surface area contributed by atoms with Gasteiger partial charge in [0.2, 0.25) is 0 Å². The van der Waals surface area contributed by atoms with Crippen LogP contribution in [0.5, 0.6) is 0 Å². The number of nitrogen functional groups attached to an aromatic ring is 1. The molecule has 1 aliphatic rings. The summed E-state index contributed by atoms with van der Waals surface area (Å²) in [6, 6.07) is 5.35. The molecule has 92 valence electrons. The first-order valence-corrected chi connectivity index (χ1v) is 6.40. The molecule has 0 bridgehead atoms. The third kappa shape index (κ3) is 2.79. The minimum Gasteiger partial charge on any atom is -0.398 e. The van der Waals surface area contributed by atoms with E-state index < -0.39 is 0 Å². The summed E-state index contributed by atoms with van der Waals surface area (Å²) in [5.41, 5.74) is 6.98. The third-order valence-electron chi connectivity index (χ3n) is 2.77. The van der Waals surface area contributed by atoms with E-state index in [0.717, 1.165) is 19.6 Å². The number of nitrogens with zero attached hydrogens (tertiary/aromatic N) is 1. The van der Waals surface area contributed by atoms with Crippen molar-refractivity contribution in [2.75, 3.05) is 32.0 Å². The number of rotatable bonds is 1. The lowest BCUT2D eigenvalue weighted by Crippen LogP contribution is -2.33. The molecule has 4 nitrogen and oxygen atoms in total. The number of carbonyl (C=O) groups is 1. The van der Waals surface area contributed by atoms with Crippen molar-refractivity contribution in [1.82, 2.24) is 4.90 Å². The van der Waals surface area contributed by atoms with Crippen LogP contribution in [0.3, 0.4) is 0 Å². The van der Waals surface area contributed by atoms with Gasteiger partial charge in [0.1, 0.15) is 0 Å². The molecule has 17 heavy (non-hydrogen) atoms. The topological polar surface area (TPSA) is 55.6 Å². The fourth-order valence-corrected chi connectivity index (χ4v) is 2.27. The molecule has 1 fully saturated rings. The summed E-state index contributed by atoms with van der Waals surface area (Å²) < 4.78 is 6.01. The predicted octanol–water partition coefficient (Wildman–Crippen LogP) is 1.89. The average Bonchev–Trinajstić information content (AvgIpc) is 2.60. The summed E-state index contributed by atoms with van der Waals surface area (Å²) in [5.74, 6) is 0.00896. The van der Waals surface area contributed by atoms with Crippen LogP contribution in [0.15, 0.2) is 22.7 Å². The summed E-state index contributed by atoms with van der Waals surface area (Å²) in [6.07, 6.45) is 0.881. The first kappa shape index (κ1) is 12.4. The monoisotopic (exact) mass is 298 g/mol. The molecule has 0 unspecified atom stereocenters. The first-order valence-electron chi connectivity index (χ1n) is 5.61. The number of ether oxygens (including phenoxy) is 1. The van der Waals surface area contributed by atoms with Crippen molar-refractivity contribution in [1.29, 1.82) is 0 Å². The lowest BCUT2D eigenvalue weighted by Gasteiger charge is -2.20. The van der Waals surface area contributed by atoms with Crippen LogP contribution in [0.4, 0.5) is 5.69 Å². The van der Waals surface area contributed by atoms with E-state index in [1.807, 2.05) is 4.90 Å². The van der Waals surface area contributed by atoms with E-state index in [9.17, 15) is 4.79 Å². The molecule has 1 aromatic carbocycles. The number of benzene rings is 1. The zero-order valence-electron chi connectivity index (χ0n) is 9.49. The van der Waals surface area contributed by atoms with Crippen molar-refractivity contribution in [2.24, 2.45) is 0 Å². The van der Waals surface area contributed by atoms with E-state index in [2.05, 4.69) is 15.9 Å². The van der Waals surface area contributed by atoms with E-state index in [4.69, 9.17) is 10.5 Å². The van der Waals surface area contributed by atoms with Gasteiger partial charge in [-0.25, -0.2) is 0 Å². The molecule has 0 spiro atoms. The molecular formula is C12H15BrN2O2. The highest BCUT2D eigenvalue weighted by Crippen LogP contribution is 2.25. The maximum atomic E-state index is 12.3. The molecule has 0 aromatic heterocycles. The molecule has 1 aliphatic heterocycles.